The van der Waals surface area contributed by atoms with Crippen molar-refractivity contribution in [1.29, 1.82) is 0 Å². The molecule has 0 aliphatic heterocycles. The Balaban J connectivity index is 2.74. The van der Waals surface area contributed by atoms with Gasteiger partial charge in [-0.15, -0.1) is 11.3 Å². The van der Waals surface area contributed by atoms with Gasteiger partial charge in [0.05, 0.1) is 10.7 Å². The second kappa shape index (κ2) is 5.96. The topological polar surface area (TPSA) is 68.0 Å². The number of carbonyl (C=O) groups is 1. The van der Waals surface area contributed by atoms with Gasteiger partial charge in [-0.1, -0.05) is 13.8 Å². The molecule has 16 heavy (non-hydrogen) atoms. The minimum absolute atomic E-state index is 0.0313. The maximum atomic E-state index is 11.4. The van der Waals surface area contributed by atoms with Crippen LogP contribution in [0.5, 0.6) is 0 Å². The van der Waals surface area contributed by atoms with Gasteiger partial charge in [0.25, 0.3) is 0 Å². The first-order chi connectivity index (χ1) is 7.52. The molecule has 4 nitrogen and oxygen atoms in total. The molecule has 3 N–H and O–H groups in total. The van der Waals surface area contributed by atoms with E-state index in [-0.39, 0.29) is 5.91 Å². The summed E-state index contributed by atoms with van der Waals surface area (Å²) in [5.74, 6) is 0.503. The molecule has 0 saturated heterocycles. The van der Waals surface area contributed by atoms with E-state index >= 15 is 0 Å². The zero-order valence-electron chi connectivity index (χ0n) is 10.0. The number of aromatic nitrogens is 1. The van der Waals surface area contributed by atoms with Gasteiger partial charge in [-0.2, -0.15) is 0 Å². The molecule has 5 heteroatoms. The molecule has 0 saturated carbocycles. The molecule has 0 aliphatic carbocycles. The number of aryl methyl sites for hydroxylation is 1. The van der Waals surface area contributed by atoms with E-state index in [4.69, 9.17) is 5.73 Å². The Hall–Kier alpha value is -0.940. The summed E-state index contributed by atoms with van der Waals surface area (Å²) >= 11 is 1.53. The summed E-state index contributed by atoms with van der Waals surface area (Å²) in [4.78, 5) is 15.9. The number of amides is 1. The summed E-state index contributed by atoms with van der Waals surface area (Å²) < 4.78 is 0. The number of anilines is 1. The van der Waals surface area contributed by atoms with Crippen molar-refractivity contribution in [2.75, 3.05) is 11.9 Å². The summed E-state index contributed by atoms with van der Waals surface area (Å²) in [6.45, 7) is 6.61. The van der Waals surface area contributed by atoms with Gasteiger partial charge in [-0.3, -0.25) is 4.79 Å². The molecule has 0 aromatic carbocycles. The van der Waals surface area contributed by atoms with Crippen LogP contribution in [0.2, 0.25) is 0 Å². The maximum Gasteiger partial charge on any atom is 0.226 e. The monoisotopic (exact) mass is 241 g/mol. The number of carbonyl (C=O) groups excluding carboxylic acids is 1. The number of nitrogens with two attached hydrogens (primary N) is 1. The Morgan fingerprint density at radius 2 is 2.25 bits per heavy atom. The molecular weight excluding hydrogens is 222 g/mol. The average Bonchev–Trinajstić information content (AvgIpc) is 2.45. The standard InChI is InChI=1S/C11H19N3OS/c1-7(2)6-9-11(16-8(3)13-9)14-10(15)4-5-12/h7H,4-6,12H2,1-3H3,(H,14,15). The Morgan fingerprint density at radius 3 is 2.81 bits per heavy atom. The second-order valence-corrected chi connectivity index (χ2v) is 5.40. The smallest absolute Gasteiger partial charge is 0.226 e. The van der Waals surface area contributed by atoms with Crippen molar-refractivity contribution in [3.8, 4) is 0 Å². The second-order valence-electron chi connectivity index (χ2n) is 4.19. The zero-order valence-corrected chi connectivity index (χ0v) is 10.9. The molecule has 0 spiro atoms. The number of nitrogens with zero attached hydrogens (tertiary/aromatic N) is 1. The molecule has 1 heterocycles. The Bertz CT molecular complexity index is 360. The molecule has 0 unspecified atom stereocenters. The number of rotatable bonds is 5. The first kappa shape index (κ1) is 13.1. The van der Waals surface area contributed by atoms with E-state index in [1.807, 2.05) is 6.92 Å². The quantitative estimate of drug-likeness (QED) is 0.827. The fourth-order valence-corrected chi connectivity index (χ4v) is 2.28. The van der Waals surface area contributed by atoms with Crippen LogP contribution in [0.3, 0.4) is 0 Å². The van der Waals surface area contributed by atoms with E-state index in [0.717, 1.165) is 22.1 Å². The van der Waals surface area contributed by atoms with Crippen molar-refractivity contribution in [1.82, 2.24) is 4.98 Å². The first-order valence-corrected chi connectivity index (χ1v) is 6.30. The van der Waals surface area contributed by atoms with Crippen LogP contribution in [0, 0.1) is 12.8 Å². The van der Waals surface area contributed by atoms with Crippen molar-refractivity contribution in [2.24, 2.45) is 11.7 Å². The van der Waals surface area contributed by atoms with Crippen LogP contribution in [0.15, 0.2) is 0 Å². The van der Waals surface area contributed by atoms with Crippen molar-refractivity contribution in [3.05, 3.63) is 10.7 Å². The van der Waals surface area contributed by atoms with E-state index in [1.165, 1.54) is 11.3 Å². The lowest BCUT2D eigenvalue weighted by molar-refractivity contribution is -0.116. The van der Waals surface area contributed by atoms with Gasteiger partial charge >= 0.3 is 0 Å². The summed E-state index contributed by atoms with van der Waals surface area (Å²) in [7, 11) is 0. The van der Waals surface area contributed by atoms with Gasteiger partial charge in [-0.05, 0) is 19.3 Å². The van der Waals surface area contributed by atoms with Crippen molar-refractivity contribution in [2.45, 2.75) is 33.6 Å². The predicted molar refractivity (Wildman–Crippen MR) is 67.7 cm³/mol. The highest BCUT2D eigenvalue weighted by molar-refractivity contribution is 7.16. The van der Waals surface area contributed by atoms with Gasteiger partial charge in [0.15, 0.2) is 0 Å². The molecule has 0 fully saturated rings. The molecular formula is C11H19N3OS. The first-order valence-electron chi connectivity index (χ1n) is 5.49. The summed E-state index contributed by atoms with van der Waals surface area (Å²) in [5, 5.41) is 4.74. The number of nitrogens with one attached hydrogen (secondary N) is 1. The molecule has 0 atom stereocenters. The molecule has 90 valence electrons. The fourth-order valence-electron chi connectivity index (χ4n) is 1.41. The molecule has 1 aromatic rings. The molecule has 1 aromatic heterocycles. The lowest BCUT2D eigenvalue weighted by atomic mass is 10.1. The SMILES string of the molecule is Cc1nc(CC(C)C)c(NC(=O)CCN)s1. The van der Waals surface area contributed by atoms with E-state index in [1.54, 1.807) is 0 Å². The summed E-state index contributed by atoms with van der Waals surface area (Å²) in [6.07, 6.45) is 1.25. The molecule has 0 radical (unpaired) electrons. The lowest BCUT2D eigenvalue weighted by Gasteiger charge is -2.06. The third-order valence-corrected chi connectivity index (χ3v) is 2.96. The maximum absolute atomic E-state index is 11.4. The number of thiazole rings is 1. The van der Waals surface area contributed by atoms with Gasteiger partial charge in [-0.25, -0.2) is 4.98 Å². The summed E-state index contributed by atoms with van der Waals surface area (Å²) in [6, 6.07) is 0. The highest BCUT2D eigenvalue weighted by Gasteiger charge is 2.12. The number of hydrogen-bond acceptors (Lipinski definition) is 4. The van der Waals surface area contributed by atoms with Crippen LogP contribution in [-0.4, -0.2) is 17.4 Å². The average molecular weight is 241 g/mol. The third kappa shape index (κ3) is 3.90. The number of hydrogen-bond donors (Lipinski definition) is 2. The largest absolute Gasteiger partial charge is 0.330 e. The highest BCUT2D eigenvalue weighted by Crippen LogP contribution is 2.26. The normalized spacial score (nSPS) is 10.8. The van der Waals surface area contributed by atoms with Crippen molar-refractivity contribution < 1.29 is 4.79 Å². The Kier molecular flexibility index (Phi) is 4.89. The lowest BCUT2D eigenvalue weighted by Crippen LogP contribution is -2.16. The molecule has 0 aliphatic rings. The van der Waals surface area contributed by atoms with Crippen LogP contribution in [-0.2, 0) is 11.2 Å². The minimum Gasteiger partial charge on any atom is -0.330 e. The van der Waals surface area contributed by atoms with Crippen LogP contribution < -0.4 is 11.1 Å². The van der Waals surface area contributed by atoms with Gasteiger partial charge in [0.1, 0.15) is 5.00 Å². The Labute approximate surface area is 100 Å². The van der Waals surface area contributed by atoms with E-state index in [9.17, 15) is 4.79 Å². The van der Waals surface area contributed by atoms with Gasteiger partial charge in [0, 0.05) is 13.0 Å². The van der Waals surface area contributed by atoms with Gasteiger partial charge in [0.2, 0.25) is 5.91 Å². The fraction of sp³-hybridized carbons (Fsp3) is 0.636. The van der Waals surface area contributed by atoms with Crippen molar-refractivity contribution >= 4 is 22.2 Å². The molecule has 1 rings (SSSR count). The van der Waals surface area contributed by atoms with Crippen LogP contribution in [0.25, 0.3) is 0 Å². The molecule has 1 amide bonds. The predicted octanol–water partition coefficient (Wildman–Crippen LogP) is 1.94. The van der Waals surface area contributed by atoms with Crippen LogP contribution in [0.1, 0.15) is 31.0 Å². The van der Waals surface area contributed by atoms with Crippen molar-refractivity contribution in [3.63, 3.8) is 0 Å². The minimum atomic E-state index is -0.0313. The van der Waals surface area contributed by atoms with Crippen LogP contribution >= 0.6 is 11.3 Å². The van der Waals surface area contributed by atoms with E-state index in [0.29, 0.717) is 18.9 Å². The van der Waals surface area contributed by atoms with Crippen LogP contribution in [0.4, 0.5) is 5.00 Å². The Morgan fingerprint density at radius 1 is 1.56 bits per heavy atom. The van der Waals surface area contributed by atoms with E-state index < -0.39 is 0 Å². The van der Waals surface area contributed by atoms with Gasteiger partial charge < -0.3 is 11.1 Å². The highest BCUT2D eigenvalue weighted by atomic mass is 32.1. The third-order valence-electron chi connectivity index (χ3n) is 2.03. The van der Waals surface area contributed by atoms with E-state index in [2.05, 4.69) is 24.1 Å². The molecule has 0 bridgehead atoms. The zero-order chi connectivity index (χ0) is 12.1. The summed E-state index contributed by atoms with van der Waals surface area (Å²) in [5.41, 5.74) is 6.32.